The SMILES string of the molecule is CCN(CC)CCC(=O)Cc1c(C)cccc1C.CC[N+](CC)(CC)CCC(=O)Cc1c(C)cccc1C.[I-]. The maximum Gasteiger partial charge on any atom is 0.142 e. The Morgan fingerprint density at radius 2 is 1.00 bits per heavy atom. The monoisotopic (exact) mass is 650 g/mol. The fraction of sp³-hybridized carbons (Fsp3) is 0.588. The van der Waals surface area contributed by atoms with E-state index in [1.807, 2.05) is 0 Å². The zero-order valence-electron chi connectivity index (χ0n) is 26.3. The van der Waals surface area contributed by atoms with Crippen molar-refractivity contribution in [2.45, 2.75) is 88.0 Å². The number of hydrogen-bond acceptors (Lipinski definition) is 3. The highest BCUT2D eigenvalue weighted by molar-refractivity contribution is 5.82. The lowest BCUT2D eigenvalue weighted by Crippen LogP contribution is -3.00. The van der Waals surface area contributed by atoms with E-state index in [0.717, 1.165) is 50.3 Å². The van der Waals surface area contributed by atoms with Crippen LogP contribution in [0.2, 0.25) is 0 Å². The summed E-state index contributed by atoms with van der Waals surface area (Å²) in [5.74, 6) is 0.722. The van der Waals surface area contributed by atoms with Crippen molar-refractivity contribution in [1.82, 2.24) is 4.90 Å². The molecular formula is C34H55IN2O2. The lowest BCUT2D eigenvalue weighted by atomic mass is 9.97. The number of carbonyl (C=O) groups is 2. The summed E-state index contributed by atoms with van der Waals surface area (Å²) < 4.78 is 1.05. The van der Waals surface area contributed by atoms with Gasteiger partial charge < -0.3 is 33.4 Å². The Morgan fingerprint density at radius 1 is 0.641 bits per heavy atom. The van der Waals surface area contributed by atoms with Crippen LogP contribution in [0.3, 0.4) is 0 Å². The molecule has 0 radical (unpaired) electrons. The van der Waals surface area contributed by atoms with Crippen molar-refractivity contribution >= 4 is 11.6 Å². The lowest BCUT2D eigenvalue weighted by Gasteiger charge is -2.35. The van der Waals surface area contributed by atoms with E-state index in [1.165, 1.54) is 33.4 Å². The Kier molecular flexibility index (Phi) is 18.7. The number of Topliss-reactive ketones (excluding diaryl/α,β-unsaturated/α-hetero) is 2. The first-order valence-electron chi connectivity index (χ1n) is 14.8. The van der Waals surface area contributed by atoms with Crippen LogP contribution in [-0.2, 0) is 22.4 Å². The molecule has 0 spiro atoms. The van der Waals surface area contributed by atoms with E-state index >= 15 is 0 Å². The van der Waals surface area contributed by atoms with Crippen molar-refractivity contribution < 1.29 is 38.0 Å². The highest BCUT2D eigenvalue weighted by Crippen LogP contribution is 2.16. The number of hydrogen-bond donors (Lipinski definition) is 0. The average molecular weight is 651 g/mol. The van der Waals surface area contributed by atoms with Gasteiger partial charge in [-0.1, -0.05) is 50.2 Å². The predicted molar refractivity (Wildman–Crippen MR) is 163 cm³/mol. The zero-order valence-corrected chi connectivity index (χ0v) is 28.5. The molecule has 0 aromatic heterocycles. The lowest BCUT2D eigenvalue weighted by molar-refractivity contribution is -0.922. The molecule has 0 amide bonds. The first-order valence-corrected chi connectivity index (χ1v) is 14.8. The predicted octanol–water partition coefficient (Wildman–Crippen LogP) is 3.83. The molecule has 0 aliphatic carbocycles. The quantitative estimate of drug-likeness (QED) is 0.217. The van der Waals surface area contributed by atoms with Crippen molar-refractivity contribution in [1.29, 1.82) is 0 Å². The minimum Gasteiger partial charge on any atom is -1.00 e. The number of aryl methyl sites for hydroxylation is 4. The Hall–Kier alpha value is -1.57. The normalized spacial score (nSPS) is 11.0. The Bertz CT molecular complexity index is 961. The summed E-state index contributed by atoms with van der Waals surface area (Å²) in [4.78, 5) is 26.6. The largest absolute Gasteiger partial charge is 1.00 e. The molecule has 2 rings (SSSR count). The van der Waals surface area contributed by atoms with Gasteiger partial charge in [-0.2, -0.15) is 0 Å². The summed E-state index contributed by atoms with van der Waals surface area (Å²) in [6.45, 7) is 26.6. The molecule has 4 nitrogen and oxygen atoms in total. The fourth-order valence-corrected chi connectivity index (χ4v) is 5.16. The number of carbonyl (C=O) groups excluding carboxylic acids is 2. The van der Waals surface area contributed by atoms with Gasteiger partial charge >= 0.3 is 0 Å². The average Bonchev–Trinajstić information content (AvgIpc) is 2.90. The summed E-state index contributed by atoms with van der Waals surface area (Å²) in [6.07, 6.45) is 2.54. The molecule has 0 aliphatic heterocycles. The number of quaternary nitrogens is 1. The molecule has 0 aliphatic rings. The van der Waals surface area contributed by atoms with Crippen LogP contribution in [0.4, 0.5) is 0 Å². The van der Waals surface area contributed by atoms with Crippen molar-refractivity contribution in [2.75, 3.05) is 45.8 Å². The molecule has 0 heterocycles. The highest BCUT2D eigenvalue weighted by atomic mass is 127. The number of nitrogens with zero attached hydrogens (tertiary/aromatic N) is 2. The maximum absolute atomic E-state index is 12.3. The van der Waals surface area contributed by atoms with Gasteiger partial charge in [-0.05, 0) is 94.9 Å². The van der Waals surface area contributed by atoms with Gasteiger partial charge in [0, 0.05) is 25.8 Å². The maximum atomic E-state index is 12.3. The molecule has 2 aromatic carbocycles. The van der Waals surface area contributed by atoms with Crippen molar-refractivity contribution in [3.63, 3.8) is 0 Å². The van der Waals surface area contributed by atoms with Gasteiger partial charge in [-0.25, -0.2) is 0 Å². The molecule has 0 saturated heterocycles. The van der Waals surface area contributed by atoms with Crippen LogP contribution in [0, 0.1) is 27.7 Å². The molecule has 39 heavy (non-hydrogen) atoms. The first kappa shape index (κ1) is 37.4. The topological polar surface area (TPSA) is 37.4 Å². The van der Waals surface area contributed by atoms with E-state index in [2.05, 4.69) is 104 Å². The van der Waals surface area contributed by atoms with E-state index < -0.39 is 0 Å². The summed E-state index contributed by atoms with van der Waals surface area (Å²) >= 11 is 0. The van der Waals surface area contributed by atoms with Crippen molar-refractivity contribution in [3.8, 4) is 0 Å². The molecule has 2 aromatic rings. The zero-order chi connectivity index (χ0) is 28.7. The minimum absolute atomic E-state index is 0. The van der Waals surface area contributed by atoms with Crippen LogP contribution in [0.5, 0.6) is 0 Å². The summed E-state index contributed by atoms with van der Waals surface area (Å²) in [5.41, 5.74) is 7.36. The highest BCUT2D eigenvalue weighted by Gasteiger charge is 2.22. The second-order valence-electron chi connectivity index (χ2n) is 10.7. The molecule has 0 atom stereocenters. The smallest absolute Gasteiger partial charge is 0.142 e. The van der Waals surface area contributed by atoms with Crippen molar-refractivity contribution in [3.05, 3.63) is 69.8 Å². The van der Waals surface area contributed by atoms with Crippen LogP contribution in [-0.4, -0.2) is 66.8 Å². The Morgan fingerprint density at radius 3 is 1.33 bits per heavy atom. The molecule has 5 heteroatoms. The van der Waals surface area contributed by atoms with Crippen LogP contribution in [0.15, 0.2) is 36.4 Å². The number of benzene rings is 2. The number of halogens is 1. The van der Waals surface area contributed by atoms with Crippen LogP contribution in [0.25, 0.3) is 0 Å². The van der Waals surface area contributed by atoms with Crippen molar-refractivity contribution in [2.24, 2.45) is 0 Å². The van der Waals surface area contributed by atoms with Gasteiger partial charge in [0.25, 0.3) is 0 Å². The first-order chi connectivity index (χ1) is 18.1. The van der Waals surface area contributed by atoms with Gasteiger partial charge in [0.05, 0.1) is 32.6 Å². The summed E-state index contributed by atoms with van der Waals surface area (Å²) in [5, 5.41) is 0. The standard InChI is InChI=1S/C18H30NO.C16H25NO.HI/c1-6-19(7-2,8-3)13-12-17(20)14-18-15(4)10-9-11-16(18)5;1-5-17(6-2)11-10-15(18)12-16-13(3)8-7-9-14(16)4;/h9-11H,6-8,12-14H2,1-5H3;7-9H,5-6,10-12H2,1-4H3;1H/q+1;;/p-1. The Balaban J connectivity index is 0.000000726. The number of rotatable bonds is 15. The third-order valence-electron chi connectivity index (χ3n) is 8.52. The van der Waals surface area contributed by atoms with Gasteiger partial charge in [-0.3, -0.25) is 9.59 Å². The van der Waals surface area contributed by atoms with Gasteiger partial charge in [0.15, 0.2) is 0 Å². The van der Waals surface area contributed by atoms with E-state index in [4.69, 9.17) is 0 Å². The van der Waals surface area contributed by atoms with Crippen LogP contribution in [0.1, 0.15) is 80.8 Å². The molecule has 0 fully saturated rings. The Labute approximate surface area is 257 Å². The molecule has 220 valence electrons. The fourth-order valence-electron chi connectivity index (χ4n) is 5.16. The third-order valence-corrected chi connectivity index (χ3v) is 8.52. The van der Waals surface area contributed by atoms with Crippen LogP contribution >= 0.6 is 0 Å². The van der Waals surface area contributed by atoms with E-state index in [9.17, 15) is 9.59 Å². The molecule has 0 unspecified atom stereocenters. The molecule has 0 bridgehead atoms. The van der Waals surface area contributed by atoms with Gasteiger partial charge in [0.2, 0.25) is 0 Å². The molecule has 0 N–H and O–H groups in total. The molecule has 0 saturated carbocycles. The third kappa shape index (κ3) is 12.6. The summed E-state index contributed by atoms with van der Waals surface area (Å²) in [7, 11) is 0. The van der Waals surface area contributed by atoms with E-state index in [1.54, 1.807) is 0 Å². The number of ketones is 2. The minimum atomic E-state index is 0. The second-order valence-corrected chi connectivity index (χ2v) is 10.7. The second kappa shape index (κ2) is 19.5. The van der Waals surface area contributed by atoms with Gasteiger partial charge in [-0.15, -0.1) is 0 Å². The van der Waals surface area contributed by atoms with Crippen LogP contribution < -0.4 is 24.0 Å². The van der Waals surface area contributed by atoms with E-state index in [0.29, 0.717) is 37.2 Å². The molecular weight excluding hydrogens is 595 g/mol. The summed E-state index contributed by atoms with van der Waals surface area (Å²) in [6, 6.07) is 12.5. The van der Waals surface area contributed by atoms with Gasteiger partial charge in [0.1, 0.15) is 11.6 Å². The van der Waals surface area contributed by atoms with E-state index in [-0.39, 0.29) is 24.0 Å².